The third-order valence-corrected chi connectivity index (χ3v) is 7.19. The fourth-order valence-electron chi connectivity index (χ4n) is 3.37. The minimum atomic E-state index is -3.70. The molecule has 3 rings (SSSR count). The highest BCUT2D eigenvalue weighted by molar-refractivity contribution is 7.95. The first-order chi connectivity index (χ1) is 12.8. The van der Waals surface area contributed by atoms with Crippen molar-refractivity contribution >= 4 is 9.84 Å². The van der Waals surface area contributed by atoms with E-state index < -0.39 is 27.5 Å². The Morgan fingerprint density at radius 3 is 2.30 bits per heavy atom. The number of hydrogen-bond acceptors (Lipinski definition) is 4. The van der Waals surface area contributed by atoms with Crippen LogP contribution in [0, 0.1) is 5.92 Å². The summed E-state index contributed by atoms with van der Waals surface area (Å²) in [6.45, 7) is 4.04. The summed E-state index contributed by atoms with van der Waals surface area (Å²) in [4.78, 5) is 0.469. The Kier molecular flexibility index (Phi) is 5.84. The molecule has 4 nitrogen and oxygen atoms in total. The van der Waals surface area contributed by atoms with Crippen LogP contribution >= 0.6 is 0 Å². The summed E-state index contributed by atoms with van der Waals surface area (Å²) in [7, 11) is -3.70. The normalized spacial score (nSPS) is 26.3. The first-order valence-electron chi connectivity index (χ1n) is 9.21. The summed E-state index contributed by atoms with van der Waals surface area (Å²) >= 11 is 0. The van der Waals surface area contributed by atoms with Crippen LogP contribution in [0.2, 0.25) is 0 Å². The number of sulfone groups is 1. The maximum absolute atomic E-state index is 13.2. The van der Waals surface area contributed by atoms with Crippen LogP contribution in [0.1, 0.15) is 32.3 Å². The summed E-state index contributed by atoms with van der Waals surface area (Å²) in [6, 6.07) is 18.1. The lowest BCUT2D eigenvalue weighted by Gasteiger charge is -2.26. The molecule has 27 heavy (non-hydrogen) atoms. The molecule has 3 atom stereocenters. The van der Waals surface area contributed by atoms with Crippen molar-refractivity contribution in [1.82, 2.24) is 0 Å². The molecule has 5 heteroatoms. The lowest BCUT2D eigenvalue weighted by Crippen LogP contribution is -2.27. The van der Waals surface area contributed by atoms with Gasteiger partial charge in [-0.15, -0.1) is 0 Å². The van der Waals surface area contributed by atoms with Crippen molar-refractivity contribution in [2.45, 2.75) is 49.9 Å². The zero-order valence-corrected chi connectivity index (χ0v) is 16.5. The zero-order chi connectivity index (χ0) is 19.5. The molecule has 2 aromatic carbocycles. The van der Waals surface area contributed by atoms with Gasteiger partial charge >= 0.3 is 0 Å². The molecule has 0 amide bonds. The van der Waals surface area contributed by atoms with Gasteiger partial charge in [0.1, 0.15) is 0 Å². The van der Waals surface area contributed by atoms with Gasteiger partial charge in [-0.2, -0.15) is 0 Å². The largest absolute Gasteiger partial charge is 0.392 e. The van der Waals surface area contributed by atoms with Crippen molar-refractivity contribution in [1.29, 1.82) is 0 Å². The van der Waals surface area contributed by atoms with Crippen molar-refractivity contribution in [3.63, 3.8) is 0 Å². The van der Waals surface area contributed by atoms with E-state index in [4.69, 9.17) is 4.74 Å². The minimum Gasteiger partial charge on any atom is -0.392 e. The van der Waals surface area contributed by atoms with E-state index in [0.29, 0.717) is 19.4 Å². The molecule has 1 N–H and O–H groups in total. The molecule has 0 aliphatic heterocycles. The van der Waals surface area contributed by atoms with Crippen molar-refractivity contribution in [3.05, 3.63) is 77.2 Å². The second-order valence-corrected chi connectivity index (χ2v) is 9.29. The first-order valence-corrected chi connectivity index (χ1v) is 10.7. The molecular weight excluding hydrogens is 360 g/mol. The smallest absolute Gasteiger partial charge is 0.202 e. The maximum Gasteiger partial charge on any atom is 0.202 e. The van der Waals surface area contributed by atoms with E-state index in [1.807, 2.05) is 37.3 Å². The Morgan fingerprint density at radius 2 is 1.67 bits per heavy atom. The number of rotatable bonds is 5. The highest BCUT2D eigenvalue weighted by atomic mass is 32.2. The maximum atomic E-state index is 13.2. The molecule has 0 saturated carbocycles. The van der Waals surface area contributed by atoms with Gasteiger partial charge in [-0.25, -0.2) is 8.42 Å². The third kappa shape index (κ3) is 4.49. The summed E-state index contributed by atoms with van der Waals surface area (Å²) in [5.41, 5.74) is 0.260. The Morgan fingerprint density at radius 1 is 1.07 bits per heavy atom. The number of ether oxygens (including phenoxy) is 1. The van der Waals surface area contributed by atoms with Gasteiger partial charge in [-0.1, -0.05) is 55.5 Å². The topological polar surface area (TPSA) is 63.6 Å². The van der Waals surface area contributed by atoms with E-state index in [2.05, 4.69) is 0 Å². The van der Waals surface area contributed by atoms with Gasteiger partial charge in [0, 0.05) is 5.92 Å². The standard InChI is InChI=1S/C22H26O4S/c1-17-20(23)13-14-22(2,26-16-18-9-5-3-6-10-18)15-21(17)27(24,25)19-11-7-4-8-12-19/h3-12,15,17,20,23H,13-14,16H2,1-2H3/t17-,20-,22-/m0/s1. The van der Waals surface area contributed by atoms with Crippen LogP contribution in [0.3, 0.4) is 0 Å². The Labute approximate surface area is 161 Å². The fourth-order valence-corrected chi connectivity index (χ4v) is 5.21. The molecular formula is C22H26O4S. The van der Waals surface area contributed by atoms with Crippen LogP contribution in [-0.4, -0.2) is 25.2 Å². The highest BCUT2D eigenvalue weighted by Crippen LogP contribution is 2.37. The van der Waals surface area contributed by atoms with E-state index >= 15 is 0 Å². The van der Waals surface area contributed by atoms with Crippen molar-refractivity contribution in [2.75, 3.05) is 0 Å². The van der Waals surface area contributed by atoms with Gasteiger partial charge in [0.15, 0.2) is 0 Å². The molecule has 0 fully saturated rings. The number of aliphatic hydroxyl groups is 1. The Bertz CT molecular complexity index is 890. The summed E-state index contributed by atoms with van der Waals surface area (Å²) in [6.07, 6.45) is 2.02. The summed E-state index contributed by atoms with van der Waals surface area (Å²) < 4.78 is 32.6. The summed E-state index contributed by atoms with van der Waals surface area (Å²) in [5, 5.41) is 10.5. The van der Waals surface area contributed by atoms with E-state index in [9.17, 15) is 13.5 Å². The third-order valence-electron chi connectivity index (χ3n) is 5.19. The molecule has 0 spiro atoms. The van der Waals surface area contributed by atoms with Gasteiger partial charge in [0.05, 0.1) is 28.1 Å². The SMILES string of the molecule is C[C@@H]1C(S(=O)(=O)c2ccccc2)=C[C@@](C)(OCc2ccccc2)CC[C@@H]1O. The first kappa shape index (κ1) is 19.8. The van der Waals surface area contributed by atoms with Gasteiger partial charge in [0.25, 0.3) is 0 Å². The van der Waals surface area contributed by atoms with Crippen molar-refractivity contribution in [2.24, 2.45) is 5.92 Å². The Hall–Kier alpha value is -1.95. The van der Waals surface area contributed by atoms with Gasteiger partial charge in [0.2, 0.25) is 9.84 Å². The van der Waals surface area contributed by atoms with Crippen LogP contribution in [0.4, 0.5) is 0 Å². The molecule has 0 bridgehead atoms. The molecule has 1 aliphatic carbocycles. The highest BCUT2D eigenvalue weighted by Gasteiger charge is 2.37. The average Bonchev–Trinajstić information content (AvgIpc) is 2.80. The van der Waals surface area contributed by atoms with E-state index in [1.54, 1.807) is 43.3 Å². The van der Waals surface area contributed by atoms with Crippen LogP contribution in [0.25, 0.3) is 0 Å². The molecule has 2 aromatic rings. The number of benzene rings is 2. The fraction of sp³-hybridized carbons (Fsp3) is 0.364. The second-order valence-electron chi connectivity index (χ2n) is 7.34. The van der Waals surface area contributed by atoms with Gasteiger partial charge in [-0.05, 0) is 43.5 Å². The molecule has 144 valence electrons. The van der Waals surface area contributed by atoms with Crippen LogP contribution in [-0.2, 0) is 21.2 Å². The molecule has 0 radical (unpaired) electrons. The predicted octanol–water partition coefficient (Wildman–Crippen LogP) is 4.11. The average molecular weight is 387 g/mol. The van der Waals surface area contributed by atoms with Crippen molar-refractivity contribution in [3.8, 4) is 0 Å². The number of aliphatic hydroxyl groups excluding tert-OH is 1. The van der Waals surface area contributed by atoms with Gasteiger partial charge in [-0.3, -0.25) is 0 Å². The molecule has 0 saturated heterocycles. The quantitative estimate of drug-likeness (QED) is 0.840. The Balaban J connectivity index is 1.95. The van der Waals surface area contributed by atoms with Crippen LogP contribution in [0.5, 0.6) is 0 Å². The number of hydrogen-bond donors (Lipinski definition) is 1. The predicted molar refractivity (Wildman–Crippen MR) is 106 cm³/mol. The molecule has 1 aliphatic rings. The lowest BCUT2D eigenvalue weighted by molar-refractivity contribution is -0.0193. The monoisotopic (exact) mass is 386 g/mol. The summed E-state index contributed by atoms with van der Waals surface area (Å²) in [5.74, 6) is -0.489. The van der Waals surface area contributed by atoms with E-state index in [0.717, 1.165) is 5.56 Å². The van der Waals surface area contributed by atoms with Crippen LogP contribution < -0.4 is 0 Å². The molecule has 0 heterocycles. The lowest BCUT2D eigenvalue weighted by atomic mass is 9.99. The molecule has 0 unspecified atom stereocenters. The zero-order valence-electron chi connectivity index (χ0n) is 15.7. The van der Waals surface area contributed by atoms with Crippen LogP contribution in [0.15, 0.2) is 76.5 Å². The van der Waals surface area contributed by atoms with Gasteiger partial charge < -0.3 is 9.84 Å². The van der Waals surface area contributed by atoms with E-state index in [1.165, 1.54) is 0 Å². The van der Waals surface area contributed by atoms with E-state index in [-0.39, 0.29) is 9.80 Å². The van der Waals surface area contributed by atoms with Crippen molar-refractivity contribution < 1.29 is 18.3 Å². The minimum absolute atomic E-state index is 0.231. The molecule has 0 aromatic heterocycles. The second kappa shape index (κ2) is 7.97.